The molecule has 0 aromatic heterocycles. The minimum Gasteiger partial charge on any atom is -0.352 e. The molecule has 5 heteroatoms. The molecule has 0 aliphatic carbocycles. The van der Waals surface area contributed by atoms with E-state index >= 15 is 0 Å². The fourth-order valence-electron chi connectivity index (χ4n) is 3.73. The maximum absolute atomic E-state index is 13.8. The Balaban J connectivity index is 1.82. The van der Waals surface area contributed by atoms with Crippen molar-refractivity contribution in [2.45, 2.75) is 39.3 Å². The second kappa shape index (κ2) is 8.33. The van der Waals surface area contributed by atoms with Crippen molar-refractivity contribution < 1.29 is 14.0 Å². The van der Waals surface area contributed by atoms with E-state index in [0.717, 1.165) is 11.1 Å². The molecule has 2 aromatic rings. The van der Waals surface area contributed by atoms with Crippen LogP contribution in [0.4, 0.5) is 4.39 Å². The van der Waals surface area contributed by atoms with Crippen LogP contribution >= 0.6 is 0 Å². The number of likely N-dealkylation sites (tertiary alicyclic amines) is 1. The van der Waals surface area contributed by atoms with E-state index in [9.17, 15) is 14.0 Å². The number of piperidine rings is 1. The zero-order chi connectivity index (χ0) is 19.4. The lowest BCUT2D eigenvalue weighted by Crippen LogP contribution is -2.47. The highest BCUT2D eigenvalue weighted by Crippen LogP contribution is 2.37. The van der Waals surface area contributed by atoms with E-state index in [1.807, 2.05) is 38.1 Å². The smallest absolute Gasteiger partial charge is 0.225 e. The lowest BCUT2D eigenvalue weighted by molar-refractivity contribution is -0.143. The van der Waals surface area contributed by atoms with Crippen molar-refractivity contribution in [1.29, 1.82) is 0 Å². The normalized spacial score (nSPS) is 19.8. The van der Waals surface area contributed by atoms with Crippen LogP contribution in [-0.2, 0) is 16.1 Å². The number of amides is 2. The van der Waals surface area contributed by atoms with Crippen LogP contribution in [0, 0.1) is 18.7 Å². The van der Waals surface area contributed by atoms with Gasteiger partial charge in [0.25, 0.3) is 0 Å². The fourth-order valence-corrected chi connectivity index (χ4v) is 3.73. The molecule has 1 fully saturated rings. The van der Waals surface area contributed by atoms with Gasteiger partial charge in [-0.05, 0) is 31.9 Å². The zero-order valence-electron chi connectivity index (χ0n) is 15.7. The number of carbonyl (C=O) groups is 2. The molecule has 1 saturated heterocycles. The fraction of sp³-hybridized carbons (Fsp3) is 0.364. The molecule has 2 atom stereocenters. The largest absolute Gasteiger partial charge is 0.352 e. The number of benzene rings is 2. The Morgan fingerprint density at radius 2 is 1.89 bits per heavy atom. The molecule has 142 valence electrons. The molecule has 27 heavy (non-hydrogen) atoms. The van der Waals surface area contributed by atoms with E-state index in [1.165, 1.54) is 6.07 Å². The average molecular weight is 368 g/mol. The number of nitrogens with one attached hydrogen (secondary N) is 1. The van der Waals surface area contributed by atoms with Gasteiger partial charge in [-0.1, -0.05) is 48.0 Å². The molecule has 1 heterocycles. The molecule has 0 radical (unpaired) electrons. The van der Waals surface area contributed by atoms with Crippen LogP contribution in [0.15, 0.2) is 48.5 Å². The third-order valence-electron chi connectivity index (χ3n) is 5.21. The Kier molecular flexibility index (Phi) is 5.89. The van der Waals surface area contributed by atoms with Crippen LogP contribution < -0.4 is 5.32 Å². The van der Waals surface area contributed by atoms with Crippen LogP contribution in [0.25, 0.3) is 0 Å². The topological polar surface area (TPSA) is 49.4 Å². The molecule has 2 amide bonds. The molecule has 3 rings (SSSR count). The van der Waals surface area contributed by atoms with Gasteiger partial charge < -0.3 is 10.2 Å². The number of halogens is 1. The van der Waals surface area contributed by atoms with Gasteiger partial charge >= 0.3 is 0 Å². The first-order chi connectivity index (χ1) is 13.0. The highest BCUT2D eigenvalue weighted by molar-refractivity contribution is 5.85. The highest BCUT2D eigenvalue weighted by Gasteiger charge is 2.39. The summed E-state index contributed by atoms with van der Waals surface area (Å²) >= 11 is 0. The van der Waals surface area contributed by atoms with Crippen LogP contribution in [0.1, 0.15) is 42.5 Å². The third kappa shape index (κ3) is 4.18. The molecule has 0 bridgehead atoms. The van der Waals surface area contributed by atoms with Crippen LogP contribution in [0.3, 0.4) is 0 Å². The SMILES string of the molecule is CCN1C(=O)CC[C@@H](C(=O)NCc2ccccc2F)[C@@H]1c1ccc(C)cc1. The second-order valence-electron chi connectivity index (χ2n) is 6.99. The number of rotatable bonds is 5. The first-order valence-electron chi connectivity index (χ1n) is 9.38. The minimum atomic E-state index is -0.350. The van der Waals surface area contributed by atoms with Gasteiger partial charge in [0, 0.05) is 25.1 Å². The predicted molar refractivity (Wildman–Crippen MR) is 102 cm³/mol. The number of carbonyl (C=O) groups excluding carboxylic acids is 2. The molecule has 4 nitrogen and oxygen atoms in total. The van der Waals surface area contributed by atoms with E-state index in [2.05, 4.69) is 5.32 Å². The van der Waals surface area contributed by atoms with Crippen LogP contribution in [0.2, 0.25) is 0 Å². The Bertz CT molecular complexity index is 819. The number of aryl methyl sites for hydroxylation is 1. The molecule has 1 N–H and O–H groups in total. The Morgan fingerprint density at radius 3 is 2.56 bits per heavy atom. The van der Waals surface area contributed by atoms with Crippen molar-refractivity contribution in [1.82, 2.24) is 10.2 Å². The van der Waals surface area contributed by atoms with E-state index in [1.54, 1.807) is 23.1 Å². The van der Waals surface area contributed by atoms with Gasteiger partial charge in [0.05, 0.1) is 12.0 Å². The van der Waals surface area contributed by atoms with Crippen LogP contribution in [0.5, 0.6) is 0 Å². The maximum Gasteiger partial charge on any atom is 0.225 e. The zero-order valence-corrected chi connectivity index (χ0v) is 15.7. The van der Waals surface area contributed by atoms with E-state index in [0.29, 0.717) is 24.9 Å². The van der Waals surface area contributed by atoms with Crippen LogP contribution in [-0.4, -0.2) is 23.3 Å². The molecule has 0 spiro atoms. The van der Waals surface area contributed by atoms with Crippen molar-refractivity contribution in [2.24, 2.45) is 5.92 Å². The van der Waals surface area contributed by atoms with Gasteiger partial charge in [0.2, 0.25) is 11.8 Å². The quantitative estimate of drug-likeness (QED) is 0.874. The molecular weight excluding hydrogens is 343 g/mol. The summed E-state index contributed by atoms with van der Waals surface area (Å²) in [5, 5.41) is 2.86. The summed E-state index contributed by atoms with van der Waals surface area (Å²) in [6, 6.07) is 14.1. The van der Waals surface area contributed by atoms with E-state index < -0.39 is 0 Å². The minimum absolute atomic E-state index is 0.0706. The molecular formula is C22H25FN2O2. The van der Waals surface area contributed by atoms with Crippen molar-refractivity contribution in [3.63, 3.8) is 0 Å². The third-order valence-corrected chi connectivity index (χ3v) is 5.21. The monoisotopic (exact) mass is 368 g/mol. The first-order valence-corrected chi connectivity index (χ1v) is 9.38. The maximum atomic E-state index is 13.8. The van der Waals surface area contributed by atoms with Gasteiger partial charge in [-0.2, -0.15) is 0 Å². The summed E-state index contributed by atoms with van der Waals surface area (Å²) in [4.78, 5) is 27.1. The summed E-state index contributed by atoms with van der Waals surface area (Å²) in [6.07, 6.45) is 0.852. The Hall–Kier alpha value is -2.69. The Labute approximate surface area is 159 Å². The Morgan fingerprint density at radius 1 is 1.19 bits per heavy atom. The van der Waals surface area contributed by atoms with Gasteiger partial charge in [0.1, 0.15) is 5.82 Å². The molecule has 1 aliphatic heterocycles. The van der Waals surface area contributed by atoms with Gasteiger partial charge in [-0.25, -0.2) is 4.39 Å². The predicted octanol–water partition coefficient (Wildman–Crippen LogP) is 3.75. The second-order valence-corrected chi connectivity index (χ2v) is 6.99. The molecule has 0 unspecified atom stereocenters. The summed E-state index contributed by atoms with van der Waals surface area (Å²) in [7, 11) is 0. The van der Waals surface area contributed by atoms with Gasteiger partial charge in [0.15, 0.2) is 0 Å². The first kappa shape index (κ1) is 19.1. The molecule has 2 aromatic carbocycles. The van der Waals surface area contributed by atoms with Crippen molar-refractivity contribution >= 4 is 11.8 Å². The van der Waals surface area contributed by atoms with E-state index in [4.69, 9.17) is 0 Å². The summed E-state index contributed by atoms with van der Waals surface area (Å²) in [5.74, 6) is -0.755. The standard InChI is InChI=1S/C22H25FN2O2/c1-3-25-20(26)13-12-18(21(25)16-10-8-15(2)9-11-16)22(27)24-14-17-6-4-5-7-19(17)23/h4-11,18,21H,3,12-14H2,1-2H3,(H,24,27)/t18-,21+/m1/s1. The average Bonchev–Trinajstić information content (AvgIpc) is 2.67. The van der Waals surface area contributed by atoms with Crippen molar-refractivity contribution in [3.8, 4) is 0 Å². The van der Waals surface area contributed by atoms with Crippen molar-refractivity contribution in [3.05, 3.63) is 71.0 Å². The summed E-state index contributed by atoms with van der Waals surface area (Å²) < 4.78 is 13.8. The highest BCUT2D eigenvalue weighted by atomic mass is 19.1. The number of nitrogens with zero attached hydrogens (tertiary/aromatic N) is 1. The van der Waals surface area contributed by atoms with Crippen molar-refractivity contribution in [2.75, 3.05) is 6.54 Å². The molecule has 0 saturated carbocycles. The summed E-state index contributed by atoms with van der Waals surface area (Å²) in [5.41, 5.74) is 2.54. The lowest BCUT2D eigenvalue weighted by Gasteiger charge is -2.40. The number of hydrogen-bond donors (Lipinski definition) is 1. The summed E-state index contributed by atoms with van der Waals surface area (Å²) in [6.45, 7) is 4.63. The van der Waals surface area contributed by atoms with Gasteiger partial charge in [-0.3, -0.25) is 9.59 Å². The molecule has 1 aliphatic rings. The van der Waals surface area contributed by atoms with E-state index in [-0.39, 0.29) is 36.1 Å². The van der Waals surface area contributed by atoms with Gasteiger partial charge in [-0.15, -0.1) is 0 Å². The number of hydrogen-bond acceptors (Lipinski definition) is 2. The lowest BCUT2D eigenvalue weighted by atomic mass is 9.83.